The molecule has 0 aliphatic rings. The van der Waals surface area contributed by atoms with Crippen LogP contribution in [0.1, 0.15) is 11.3 Å². The van der Waals surface area contributed by atoms with Crippen molar-refractivity contribution < 1.29 is 22.6 Å². The first-order valence-electron chi connectivity index (χ1n) is 7.72. The van der Waals surface area contributed by atoms with Crippen LogP contribution in [0.15, 0.2) is 42.6 Å². The summed E-state index contributed by atoms with van der Waals surface area (Å²) in [5.74, 6) is 0.760. The number of alkyl halides is 3. The molecule has 0 saturated carbocycles. The van der Waals surface area contributed by atoms with Gasteiger partial charge in [0.2, 0.25) is 5.88 Å². The summed E-state index contributed by atoms with van der Waals surface area (Å²) in [5.41, 5.74) is 1.92. The number of pyridine rings is 1. The van der Waals surface area contributed by atoms with Gasteiger partial charge in [0, 0.05) is 29.1 Å². The second kappa shape index (κ2) is 7.40. The Bertz CT molecular complexity index is 963. The summed E-state index contributed by atoms with van der Waals surface area (Å²) in [6.07, 6.45) is -3.24. The number of halogens is 4. The first kappa shape index (κ1) is 18.9. The van der Waals surface area contributed by atoms with Crippen molar-refractivity contribution >= 4 is 11.6 Å². The van der Waals surface area contributed by atoms with E-state index in [1.54, 1.807) is 26.0 Å². The lowest BCUT2D eigenvalue weighted by Crippen LogP contribution is -2.16. The molecular weight excluding hydrogens is 383 g/mol. The first-order chi connectivity index (χ1) is 12.7. The molecule has 0 radical (unpaired) electrons. The standard InChI is InChI=1S/C18H13ClF3N3O2/c1-10-11(2)24-16(12-3-5-13(6-4-12)27-18(20,21)22)25-17(10)26-14-7-8-23-15(19)9-14/h3-9H,1-2H3. The molecule has 1 aromatic carbocycles. The lowest BCUT2D eigenvalue weighted by atomic mass is 10.2. The van der Waals surface area contributed by atoms with Gasteiger partial charge in [-0.2, -0.15) is 4.98 Å². The third kappa shape index (κ3) is 4.85. The van der Waals surface area contributed by atoms with Crippen molar-refractivity contribution in [3.63, 3.8) is 0 Å². The molecule has 2 heterocycles. The molecule has 5 nitrogen and oxygen atoms in total. The highest BCUT2D eigenvalue weighted by Gasteiger charge is 2.31. The van der Waals surface area contributed by atoms with E-state index in [4.69, 9.17) is 16.3 Å². The quantitative estimate of drug-likeness (QED) is 0.546. The van der Waals surface area contributed by atoms with Crippen LogP contribution in [0, 0.1) is 13.8 Å². The number of rotatable bonds is 4. The van der Waals surface area contributed by atoms with Crippen molar-refractivity contribution in [3.8, 4) is 28.8 Å². The van der Waals surface area contributed by atoms with E-state index in [0.717, 1.165) is 5.56 Å². The third-order valence-electron chi connectivity index (χ3n) is 3.60. The van der Waals surface area contributed by atoms with Crippen LogP contribution >= 0.6 is 11.6 Å². The van der Waals surface area contributed by atoms with E-state index in [9.17, 15) is 13.2 Å². The van der Waals surface area contributed by atoms with E-state index in [1.165, 1.54) is 30.5 Å². The SMILES string of the molecule is Cc1nc(-c2ccc(OC(F)(F)F)cc2)nc(Oc2ccnc(Cl)c2)c1C. The van der Waals surface area contributed by atoms with Gasteiger partial charge in [0.15, 0.2) is 5.82 Å². The van der Waals surface area contributed by atoms with Crippen LogP contribution in [0.5, 0.6) is 17.4 Å². The van der Waals surface area contributed by atoms with Crippen LogP contribution in [0.25, 0.3) is 11.4 Å². The normalized spacial score (nSPS) is 11.3. The monoisotopic (exact) mass is 395 g/mol. The molecule has 0 spiro atoms. The molecule has 0 fully saturated rings. The van der Waals surface area contributed by atoms with Crippen LogP contribution in [0.3, 0.4) is 0 Å². The largest absolute Gasteiger partial charge is 0.573 e. The summed E-state index contributed by atoms with van der Waals surface area (Å²) in [7, 11) is 0. The molecule has 0 unspecified atom stereocenters. The molecule has 0 N–H and O–H groups in total. The Morgan fingerprint density at radius 1 is 0.963 bits per heavy atom. The van der Waals surface area contributed by atoms with Gasteiger partial charge in [-0.25, -0.2) is 9.97 Å². The fourth-order valence-electron chi connectivity index (χ4n) is 2.20. The molecular formula is C18H13ClF3N3O2. The van der Waals surface area contributed by atoms with Crippen molar-refractivity contribution in [1.29, 1.82) is 0 Å². The molecule has 27 heavy (non-hydrogen) atoms. The summed E-state index contributed by atoms with van der Waals surface area (Å²) in [6.45, 7) is 3.59. The maximum absolute atomic E-state index is 12.3. The van der Waals surface area contributed by atoms with Crippen LogP contribution in [-0.2, 0) is 0 Å². The molecule has 9 heteroatoms. The van der Waals surface area contributed by atoms with Gasteiger partial charge in [0.05, 0.1) is 0 Å². The van der Waals surface area contributed by atoms with Gasteiger partial charge in [0.25, 0.3) is 0 Å². The number of benzene rings is 1. The minimum Gasteiger partial charge on any atom is -0.438 e. The number of aromatic nitrogens is 3. The third-order valence-corrected chi connectivity index (χ3v) is 3.81. The number of ether oxygens (including phenoxy) is 2. The number of hydrogen-bond acceptors (Lipinski definition) is 5. The smallest absolute Gasteiger partial charge is 0.438 e. The topological polar surface area (TPSA) is 57.1 Å². The van der Waals surface area contributed by atoms with Gasteiger partial charge in [-0.05, 0) is 44.2 Å². The molecule has 0 aliphatic carbocycles. The van der Waals surface area contributed by atoms with Crippen LogP contribution in [0.4, 0.5) is 13.2 Å². The zero-order valence-corrected chi connectivity index (χ0v) is 15.0. The lowest BCUT2D eigenvalue weighted by Gasteiger charge is -2.12. The van der Waals surface area contributed by atoms with Crippen molar-refractivity contribution in [2.45, 2.75) is 20.2 Å². The van der Waals surface area contributed by atoms with Crippen LogP contribution in [-0.4, -0.2) is 21.3 Å². The molecule has 0 aliphatic heterocycles. The Morgan fingerprint density at radius 3 is 2.30 bits per heavy atom. The highest BCUT2D eigenvalue weighted by molar-refractivity contribution is 6.29. The Morgan fingerprint density at radius 2 is 1.67 bits per heavy atom. The molecule has 0 saturated heterocycles. The number of hydrogen-bond donors (Lipinski definition) is 0. The minimum absolute atomic E-state index is 0.274. The van der Waals surface area contributed by atoms with E-state index in [2.05, 4.69) is 19.7 Å². The summed E-state index contributed by atoms with van der Waals surface area (Å²) in [6, 6.07) is 8.46. The summed E-state index contributed by atoms with van der Waals surface area (Å²) in [5, 5.41) is 0.274. The zero-order valence-electron chi connectivity index (χ0n) is 14.2. The summed E-state index contributed by atoms with van der Waals surface area (Å²) in [4.78, 5) is 12.6. The van der Waals surface area contributed by atoms with Crippen LogP contribution < -0.4 is 9.47 Å². The lowest BCUT2D eigenvalue weighted by molar-refractivity contribution is -0.274. The average Bonchev–Trinajstić information content (AvgIpc) is 2.58. The Kier molecular flexibility index (Phi) is 5.18. The highest BCUT2D eigenvalue weighted by atomic mass is 35.5. The molecule has 2 aromatic heterocycles. The van der Waals surface area contributed by atoms with Gasteiger partial charge in [-0.1, -0.05) is 11.6 Å². The van der Waals surface area contributed by atoms with Gasteiger partial charge in [0.1, 0.15) is 16.7 Å². The molecule has 140 valence electrons. The van der Waals surface area contributed by atoms with Gasteiger partial charge < -0.3 is 9.47 Å². The highest BCUT2D eigenvalue weighted by Crippen LogP contribution is 2.30. The van der Waals surface area contributed by atoms with Crippen LogP contribution in [0.2, 0.25) is 5.15 Å². The Balaban J connectivity index is 1.91. The summed E-state index contributed by atoms with van der Waals surface area (Å²) >= 11 is 5.85. The van der Waals surface area contributed by atoms with E-state index in [0.29, 0.717) is 28.7 Å². The maximum atomic E-state index is 12.3. The number of aryl methyl sites for hydroxylation is 1. The Labute approximate surface area is 157 Å². The van der Waals surface area contributed by atoms with E-state index < -0.39 is 6.36 Å². The van der Waals surface area contributed by atoms with E-state index in [1.807, 2.05) is 0 Å². The van der Waals surface area contributed by atoms with Gasteiger partial charge >= 0.3 is 6.36 Å². The molecule has 3 aromatic rings. The fraction of sp³-hybridized carbons (Fsp3) is 0.167. The summed E-state index contributed by atoms with van der Waals surface area (Å²) < 4.78 is 46.5. The fourth-order valence-corrected chi connectivity index (χ4v) is 2.36. The number of nitrogens with zero attached hydrogens (tertiary/aromatic N) is 3. The maximum Gasteiger partial charge on any atom is 0.573 e. The molecule has 0 atom stereocenters. The predicted molar refractivity (Wildman–Crippen MR) is 92.9 cm³/mol. The van der Waals surface area contributed by atoms with Crippen molar-refractivity contribution in [3.05, 3.63) is 59.0 Å². The second-order valence-corrected chi connectivity index (χ2v) is 5.94. The van der Waals surface area contributed by atoms with E-state index in [-0.39, 0.29) is 10.9 Å². The van der Waals surface area contributed by atoms with Crippen molar-refractivity contribution in [1.82, 2.24) is 15.0 Å². The van der Waals surface area contributed by atoms with E-state index >= 15 is 0 Å². The first-order valence-corrected chi connectivity index (χ1v) is 8.10. The minimum atomic E-state index is -4.74. The molecule has 0 amide bonds. The van der Waals surface area contributed by atoms with Crippen molar-refractivity contribution in [2.75, 3.05) is 0 Å². The molecule has 3 rings (SSSR count). The van der Waals surface area contributed by atoms with Gasteiger partial charge in [-0.3, -0.25) is 0 Å². The zero-order chi connectivity index (χ0) is 19.6. The Hall–Kier alpha value is -2.87. The predicted octanol–water partition coefficient (Wildman–Crippen LogP) is 5.50. The average molecular weight is 396 g/mol. The van der Waals surface area contributed by atoms with Gasteiger partial charge in [-0.15, -0.1) is 13.2 Å². The second-order valence-electron chi connectivity index (χ2n) is 5.55. The molecule has 0 bridgehead atoms. The van der Waals surface area contributed by atoms with Crippen molar-refractivity contribution in [2.24, 2.45) is 0 Å².